The minimum absolute atomic E-state index is 0.202. The van der Waals surface area contributed by atoms with Crippen LogP contribution in [0.25, 0.3) is 10.6 Å². The molecule has 1 amide bonds. The Morgan fingerprint density at radius 3 is 2.92 bits per heavy atom. The Kier molecular flexibility index (Phi) is 4.97. The molecule has 0 aliphatic rings. The van der Waals surface area contributed by atoms with E-state index in [1.165, 1.54) is 34.6 Å². The van der Waals surface area contributed by atoms with Crippen molar-refractivity contribution >= 4 is 22.4 Å². The van der Waals surface area contributed by atoms with Gasteiger partial charge in [0.1, 0.15) is 10.8 Å². The van der Waals surface area contributed by atoms with Crippen molar-refractivity contribution in [2.24, 2.45) is 0 Å². The topological polar surface area (TPSA) is 68.5 Å². The number of amides is 1. The van der Waals surface area contributed by atoms with Crippen LogP contribution in [-0.4, -0.2) is 36.4 Å². The molecular weight excluding hydrogens is 333 g/mol. The van der Waals surface area contributed by atoms with Crippen LogP contribution in [0.2, 0.25) is 0 Å². The van der Waals surface area contributed by atoms with E-state index in [0.717, 1.165) is 0 Å². The van der Waals surface area contributed by atoms with E-state index in [-0.39, 0.29) is 17.5 Å². The number of rotatable bonds is 6. The van der Waals surface area contributed by atoms with Gasteiger partial charge in [-0.1, -0.05) is 23.5 Å². The maximum atomic E-state index is 13.4. The number of hydrogen-bond donors (Lipinski definition) is 0. The second-order valence-electron chi connectivity index (χ2n) is 4.83. The summed E-state index contributed by atoms with van der Waals surface area (Å²) in [4.78, 5) is 14.0. The van der Waals surface area contributed by atoms with E-state index < -0.39 is 0 Å². The molecule has 124 valence electrons. The molecular formula is C16H14FN3O3S. The highest BCUT2D eigenvalue weighted by Gasteiger charge is 2.23. The van der Waals surface area contributed by atoms with Gasteiger partial charge in [-0.15, -0.1) is 10.2 Å². The number of ether oxygens (including phenoxy) is 1. The van der Waals surface area contributed by atoms with Crippen molar-refractivity contribution in [1.82, 2.24) is 10.2 Å². The first-order valence-corrected chi connectivity index (χ1v) is 7.94. The van der Waals surface area contributed by atoms with Crippen molar-refractivity contribution in [1.29, 1.82) is 0 Å². The molecule has 1 aromatic carbocycles. The van der Waals surface area contributed by atoms with Crippen molar-refractivity contribution in [2.45, 2.75) is 0 Å². The molecule has 0 aliphatic heterocycles. The number of carbonyl (C=O) groups is 1. The largest absolute Gasteiger partial charge is 0.459 e. The summed E-state index contributed by atoms with van der Waals surface area (Å²) in [6, 6.07) is 9.29. The van der Waals surface area contributed by atoms with E-state index in [9.17, 15) is 9.18 Å². The van der Waals surface area contributed by atoms with E-state index in [4.69, 9.17) is 9.15 Å². The number of halogens is 1. The fourth-order valence-electron chi connectivity index (χ4n) is 2.06. The lowest BCUT2D eigenvalue weighted by atomic mass is 10.2. The number of anilines is 1. The SMILES string of the molecule is COCCN(C(=O)c1ccco1)c1nnc(-c2cccc(F)c2)s1. The van der Waals surface area contributed by atoms with Crippen LogP contribution in [0.1, 0.15) is 10.6 Å². The zero-order valence-corrected chi connectivity index (χ0v) is 13.6. The highest BCUT2D eigenvalue weighted by Crippen LogP contribution is 2.29. The normalized spacial score (nSPS) is 10.8. The molecule has 0 aliphatic carbocycles. The van der Waals surface area contributed by atoms with Gasteiger partial charge >= 0.3 is 0 Å². The van der Waals surface area contributed by atoms with Gasteiger partial charge in [0.25, 0.3) is 5.91 Å². The van der Waals surface area contributed by atoms with E-state index >= 15 is 0 Å². The summed E-state index contributed by atoms with van der Waals surface area (Å²) in [5.41, 5.74) is 0.607. The molecule has 2 aromatic heterocycles. The molecule has 8 heteroatoms. The van der Waals surface area contributed by atoms with Gasteiger partial charge in [-0.05, 0) is 24.3 Å². The minimum atomic E-state index is -0.354. The number of nitrogens with zero attached hydrogens (tertiary/aromatic N) is 3. The van der Waals surface area contributed by atoms with Gasteiger partial charge < -0.3 is 9.15 Å². The number of aromatic nitrogens is 2. The first-order valence-electron chi connectivity index (χ1n) is 7.13. The smallest absolute Gasteiger partial charge is 0.295 e. The van der Waals surface area contributed by atoms with Crippen LogP contribution in [0.3, 0.4) is 0 Å². The second-order valence-corrected chi connectivity index (χ2v) is 5.78. The Bertz CT molecular complexity index is 820. The summed E-state index contributed by atoms with van der Waals surface area (Å²) in [6.45, 7) is 0.634. The molecule has 3 rings (SSSR count). The van der Waals surface area contributed by atoms with E-state index in [2.05, 4.69) is 10.2 Å². The number of carbonyl (C=O) groups excluding carboxylic acids is 1. The third kappa shape index (κ3) is 3.50. The number of methoxy groups -OCH3 is 1. The zero-order chi connectivity index (χ0) is 16.9. The zero-order valence-electron chi connectivity index (χ0n) is 12.8. The molecule has 0 saturated carbocycles. The fraction of sp³-hybridized carbons (Fsp3) is 0.188. The number of furan rings is 1. The average Bonchev–Trinajstić information content (AvgIpc) is 3.27. The highest BCUT2D eigenvalue weighted by molar-refractivity contribution is 7.18. The number of benzene rings is 1. The summed E-state index contributed by atoms with van der Waals surface area (Å²) in [7, 11) is 1.55. The van der Waals surface area contributed by atoms with Gasteiger partial charge in [0.15, 0.2) is 5.76 Å². The van der Waals surface area contributed by atoms with Crippen molar-refractivity contribution in [2.75, 3.05) is 25.2 Å². The Labute approximate surface area is 141 Å². The fourth-order valence-corrected chi connectivity index (χ4v) is 2.93. The van der Waals surface area contributed by atoms with Crippen molar-refractivity contribution < 1.29 is 18.3 Å². The molecule has 0 bridgehead atoms. The van der Waals surface area contributed by atoms with Crippen molar-refractivity contribution in [3.8, 4) is 10.6 Å². The highest BCUT2D eigenvalue weighted by atomic mass is 32.1. The Hall–Kier alpha value is -2.58. The molecule has 0 fully saturated rings. The summed E-state index contributed by atoms with van der Waals surface area (Å²) < 4.78 is 23.6. The molecule has 0 saturated heterocycles. The van der Waals surface area contributed by atoms with E-state index in [0.29, 0.717) is 28.9 Å². The van der Waals surface area contributed by atoms with Crippen molar-refractivity contribution in [3.05, 3.63) is 54.2 Å². The third-order valence-corrected chi connectivity index (χ3v) is 4.21. The monoisotopic (exact) mass is 347 g/mol. The van der Waals surface area contributed by atoms with Crippen LogP contribution >= 0.6 is 11.3 Å². The van der Waals surface area contributed by atoms with E-state index in [1.807, 2.05) is 0 Å². The predicted molar refractivity (Wildman–Crippen MR) is 87.6 cm³/mol. The summed E-state index contributed by atoms with van der Waals surface area (Å²) in [5.74, 6) is -0.486. The quantitative estimate of drug-likeness (QED) is 0.685. The van der Waals surface area contributed by atoms with Crippen LogP contribution in [0.4, 0.5) is 9.52 Å². The van der Waals surface area contributed by atoms with Crippen LogP contribution in [0, 0.1) is 5.82 Å². The Balaban J connectivity index is 1.89. The van der Waals surface area contributed by atoms with Gasteiger partial charge in [0, 0.05) is 12.7 Å². The molecule has 0 radical (unpaired) electrons. The first-order chi connectivity index (χ1) is 11.7. The molecule has 0 atom stereocenters. The Morgan fingerprint density at radius 2 is 2.21 bits per heavy atom. The average molecular weight is 347 g/mol. The number of hydrogen-bond acceptors (Lipinski definition) is 6. The standard InChI is InChI=1S/C16H14FN3O3S/c1-22-9-7-20(15(21)13-6-3-8-23-13)16-19-18-14(24-16)11-4-2-5-12(17)10-11/h2-6,8,10H,7,9H2,1H3. The maximum Gasteiger partial charge on any atom is 0.295 e. The molecule has 3 aromatic rings. The van der Waals surface area contributed by atoms with Gasteiger partial charge in [0.2, 0.25) is 5.13 Å². The summed E-state index contributed by atoms with van der Waals surface area (Å²) in [5, 5.41) is 9.04. The lowest BCUT2D eigenvalue weighted by molar-refractivity contribution is 0.0949. The van der Waals surface area contributed by atoms with Gasteiger partial charge in [-0.2, -0.15) is 0 Å². The van der Waals surface area contributed by atoms with Crippen LogP contribution in [0.15, 0.2) is 47.1 Å². The molecule has 2 heterocycles. The second kappa shape index (κ2) is 7.33. The van der Waals surface area contributed by atoms with Crippen LogP contribution in [-0.2, 0) is 4.74 Å². The summed E-state index contributed by atoms with van der Waals surface area (Å²) >= 11 is 1.20. The molecule has 0 unspecified atom stereocenters. The first kappa shape index (κ1) is 16.3. The van der Waals surface area contributed by atoms with E-state index in [1.54, 1.807) is 31.4 Å². The third-order valence-electron chi connectivity index (χ3n) is 3.21. The van der Waals surface area contributed by atoms with Crippen LogP contribution < -0.4 is 4.90 Å². The maximum absolute atomic E-state index is 13.4. The van der Waals surface area contributed by atoms with Gasteiger partial charge in [0.05, 0.1) is 19.4 Å². The molecule has 0 N–H and O–H groups in total. The molecule has 24 heavy (non-hydrogen) atoms. The van der Waals surface area contributed by atoms with Crippen molar-refractivity contribution in [3.63, 3.8) is 0 Å². The Morgan fingerprint density at radius 1 is 1.33 bits per heavy atom. The van der Waals surface area contributed by atoms with Gasteiger partial charge in [-0.25, -0.2) is 4.39 Å². The summed E-state index contributed by atoms with van der Waals surface area (Å²) in [6.07, 6.45) is 1.43. The minimum Gasteiger partial charge on any atom is -0.459 e. The predicted octanol–water partition coefficient (Wildman–Crippen LogP) is 3.23. The lowest BCUT2D eigenvalue weighted by Crippen LogP contribution is -2.33. The molecule has 6 nitrogen and oxygen atoms in total. The molecule has 0 spiro atoms. The van der Waals surface area contributed by atoms with Crippen LogP contribution in [0.5, 0.6) is 0 Å². The lowest BCUT2D eigenvalue weighted by Gasteiger charge is -2.17. The van der Waals surface area contributed by atoms with Gasteiger partial charge in [-0.3, -0.25) is 9.69 Å².